The zero-order valence-corrected chi connectivity index (χ0v) is 20.1. The van der Waals surface area contributed by atoms with Crippen molar-refractivity contribution in [3.05, 3.63) is 126 Å². The fourth-order valence-corrected chi connectivity index (χ4v) is 5.39. The second-order valence-electron chi connectivity index (χ2n) is 9.53. The smallest absolute Gasteiger partial charge is 0.333 e. The maximum atomic E-state index is 14.3. The first-order chi connectivity index (χ1) is 18.0. The lowest BCUT2D eigenvalue weighted by Crippen LogP contribution is -2.81. The number of rotatable bonds is 7. The highest BCUT2D eigenvalue weighted by molar-refractivity contribution is 6.05. The summed E-state index contributed by atoms with van der Waals surface area (Å²) in [5.74, 6) is -1.17. The largest absolute Gasteiger partial charge is 0.430 e. The van der Waals surface area contributed by atoms with Crippen LogP contribution in [0.25, 0.3) is 6.08 Å². The molecule has 1 aliphatic carbocycles. The maximum Gasteiger partial charge on any atom is 0.333 e. The summed E-state index contributed by atoms with van der Waals surface area (Å²) < 4.78 is 12.1. The molecule has 2 aliphatic heterocycles. The number of nitrogens with zero attached hydrogens (tertiary/aromatic N) is 1. The molecular formula is C31H25NO5. The fourth-order valence-electron chi connectivity index (χ4n) is 5.39. The van der Waals surface area contributed by atoms with Crippen molar-refractivity contribution in [1.82, 2.24) is 4.90 Å². The third-order valence-corrected chi connectivity index (χ3v) is 7.14. The molecule has 6 nitrogen and oxygen atoms in total. The number of hydrogen-bond acceptors (Lipinski definition) is 5. The van der Waals surface area contributed by atoms with Gasteiger partial charge in [0.1, 0.15) is 5.76 Å². The summed E-state index contributed by atoms with van der Waals surface area (Å²) in [7, 11) is 0. The molecule has 1 saturated heterocycles. The molecule has 37 heavy (non-hydrogen) atoms. The summed E-state index contributed by atoms with van der Waals surface area (Å²) in [5, 5.41) is 0. The van der Waals surface area contributed by atoms with Crippen LogP contribution in [0.15, 0.2) is 109 Å². The van der Waals surface area contributed by atoms with Crippen molar-refractivity contribution < 1.29 is 23.9 Å². The highest BCUT2D eigenvalue weighted by Crippen LogP contribution is 2.61. The second kappa shape index (κ2) is 8.89. The van der Waals surface area contributed by atoms with Gasteiger partial charge in [0.15, 0.2) is 5.41 Å². The quantitative estimate of drug-likeness (QED) is 0.275. The topological polar surface area (TPSA) is 72.9 Å². The van der Waals surface area contributed by atoms with Crippen molar-refractivity contribution in [2.45, 2.75) is 36.4 Å². The number of amides is 1. The molecule has 1 saturated carbocycles. The SMILES string of the molecule is O=C1C=CC2(O1)N(C1CC1)C(=O)C2(/C(=C/c1ccccc1)OC(=O)Cc1ccccc1)c1ccccc1. The molecule has 2 heterocycles. The van der Waals surface area contributed by atoms with Gasteiger partial charge in [-0.15, -0.1) is 0 Å². The molecule has 6 heteroatoms. The fraction of sp³-hybridized carbons (Fsp3) is 0.194. The summed E-state index contributed by atoms with van der Waals surface area (Å²) in [6.45, 7) is 0. The number of carbonyl (C=O) groups is 3. The van der Waals surface area contributed by atoms with Crippen LogP contribution in [-0.2, 0) is 35.7 Å². The molecule has 2 atom stereocenters. The van der Waals surface area contributed by atoms with Crippen LogP contribution < -0.4 is 0 Å². The summed E-state index contributed by atoms with van der Waals surface area (Å²) >= 11 is 0. The van der Waals surface area contributed by atoms with Crippen LogP contribution in [0.2, 0.25) is 0 Å². The maximum absolute atomic E-state index is 14.3. The number of carbonyl (C=O) groups excluding carboxylic acids is 3. The van der Waals surface area contributed by atoms with Crippen molar-refractivity contribution >= 4 is 23.9 Å². The van der Waals surface area contributed by atoms with Crippen LogP contribution >= 0.6 is 0 Å². The first kappa shape index (κ1) is 23.0. The molecule has 3 aliphatic rings. The Bertz CT molecular complexity index is 1410. The third-order valence-electron chi connectivity index (χ3n) is 7.14. The Balaban J connectivity index is 1.52. The van der Waals surface area contributed by atoms with E-state index in [4.69, 9.17) is 9.47 Å². The number of hydrogen-bond donors (Lipinski definition) is 0. The molecule has 184 valence electrons. The number of likely N-dealkylation sites (tertiary alicyclic amines) is 1. The summed E-state index contributed by atoms with van der Waals surface area (Å²) in [6, 6.07) is 27.8. The Labute approximate surface area is 214 Å². The van der Waals surface area contributed by atoms with Gasteiger partial charge in [0.05, 0.1) is 6.42 Å². The number of ether oxygens (including phenoxy) is 2. The Morgan fingerprint density at radius 3 is 2.14 bits per heavy atom. The van der Waals surface area contributed by atoms with Gasteiger partial charge in [-0.3, -0.25) is 14.5 Å². The van der Waals surface area contributed by atoms with Crippen LogP contribution in [0, 0.1) is 0 Å². The van der Waals surface area contributed by atoms with Gasteiger partial charge < -0.3 is 9.47 Å². The van der Waals surface area contributed by atoms with Crippen LogP contribution in [0.4, 0.5) is 0 Å². The van der Waals surface area contributed by atoms with E-state index >= 15 is 0 Å². The average Bonchev–Trinajstić information content (AvgIpc) is 3.65. The second-order valence-corrected chi connectivity index (χ2v) is 9.53. The molecule has 2 unspecified atom stereocenters. The normalized spacial score (nSPS) is 24.6. The lowest BCUT2D eigenvalue weighted by atomic mass is 9.61. The molecule has 1 amide bonds. The Morgan fingerprint density at radius 1 is 0.919 bits per heavy atom. The Hall–Kier alpha value is -4.45. The summed E-state index contributed by atoms with van der Waals surface area (Å²) in [5.41, 5.74) is -0.840. The van der Waals surface area contributed by atoms with Gasteiger partial charge in [0.25, 0.3) is 5.91 Å². The van der Waals surface area contributed by atoms with E-state index < -0.39 is 23.1 Å². The molecule has 0 radical (unpaired) electrons. The van der Waals surface area contributed by atoms with E-state index in [0.29, 0.717) is 5.56 Å². The number of β-lactam (4-membered cyclic amide) rings is 1. The van der Waals surface area contributed by atoms with Crippen LogP contribution in [0.1, 0.15) is 29.5 Å². The van der Waals surface area contributed by atoms with Crippen molar-refractivity contribution in [1.29, 1.82) is 0 Å². The van der Waals surface area contributed by atoms with E-state index in [1.807, 2.05) is 91.0 Å². The minimum Gasteiger partial charge on any atom is -0.430 e. The zero-order valence-electron chi connectivity index (χ0n) is 20.1. The number of benzene rings is 3. The standard InChI is InChI=1S/C31H25NO5/c33-27-18-19-30(37-27)31(24-14-8-3-9-15-24,29(35)32(30)25-16-17-25)26(20-22-10-4-1-5-11-22)36-28(34)21-23-12-6-2-7-13-23/h1-15,18-20,25H,16-17,21H2/b26-20-. The molecule has 0 bridgehead atoms. The molecular weight excluding hydrogens is 466 g/mol. The predicted octanol–water partition coefficient (Wildman–Crippen LogP) is 4.57. The molecule has 3 aromatic rings. The zero-order chi connectivity index (χ0) is 25.5. The van der Waals surface area contributed by atoms with Crippen molar-refractivity contribution in [3.8, 4) is 0 Å². The lowest BCUT2D eigenvalue weighted by molar-refractivity contribution is -0.226. The van der Waals surface area contributed by atoms with Gasteiger partial charge in [0, 0.05) is 12.1 Å². The molecule has 6 rings (SSSR count). The van der Waals surface area contributed by atoms with Crippen molar-refractivity contribution in [2.24, 2.45) is 0 Å². The van der Waals surface area contributed by atoms with Gasteiger partial charge in [-0.25, -0.2) is 4.79 Å². The molecule has 1 spiro atoms. The summed E-state index contributed by atoms with van der Waals surface area (Å²) in [6.07, 6.45) is 6.39. The predicted molar refractivity (Wildman–Crippen MR) is 137 cm³/mol. The third kappa shape index (κ3) is 3.68. The highest BCUT2D eigenvalue weighted by atomic mass is 16.6. The van der Waals surface area contributed by atoms with E-state index in [1.165, 1.54) is 6.08 Å². The van der Waals surface area contributed by atoms with E-state index in [-0.39, 0.29) is 24.1 Å². The molecule has 2 fully saturated rings. The van der Waals surface area contributed by atoms with E-state index in [9.17, 15) is 14.4 Å². The highest BCUT2D eigenvalue weighted by Gasteiger charge is 2.79. The molecule has 0 N–H and O–H groups in total. The minimum atomic E-state index is -1.55. The van der Waals surface area contributed by atoms with Gasteiger partial charge in [0.2, 0.25) is 5.72 Å². The van der Waals surface area contributed by atoms with Crippen LogP contribution in [0.3, 0.4) is 0 Å². The first-order valence-electron chi connectivity index (χ1n) is 12.4. The Morgan fingerprint density at radius 2 is 1.54 bits per heavy atom. The first-order valence-corrected chi connectivity index (χ1v) is 12.4. The van der Waals surface area contributed by atoms with Gasteiger partial charge in [-0.2, -0.15) is 0 Å². The van der Waals surface area contributed by atoms with E-state index in [1.54, 1.807) is 17.1 Å². The average molecular weight is 492 g/mol. The van der Waals surface area contributed by atoms with Gasteiger partial charge >= 0.3 is 11.9 Å². The van der Waals surface area contributed by atoms with E-state index in [0.717, 1.165) is 24.0 Å². The van der Waals surface area contributed by atoms with Gasteiger partial charge in [-0.05, 0) is 41.7 Å². The Kier molecular flexibility index (Phi) is 5.52. The number of esters is 2. The molecule has 3 aromatic carbocycles. The monoisotopic (exact) mass is 491 g/mol. The summed E-state index contributed by atoms with van der Waals surface area (Å²) in [4.78, 5) is 41.8. The van der Waals surface area contributed by atoms with Crippen molar-refractivity contribution in [2.75, 3.05) is 0 Å². The minimum absolute atomic E-state index is 0.0288. The lowest BCUT2D eigenvalue weighted by Gasteiger charge is -2.61. The van der Waals surface area contributed by atoms with Crippen LogP contribution in [-0.4, -0.2) is 34.5 Å². The van der Waals surface area contributed by atoms with Crippen LogP contribution in [0.5, 0.6) is 0 Å². The molecule has 0 aromatic heterocycles. The van der Waals surface area contributed by atoms with Crippen molar-refractivity contribution in [3.63, 3.8) is 0 Å². The van der Waals surface area contributed by atoms with E-state index in [2.05, 4.69) is 0 Å². The van der Waals surface area contributed by atoms with Gasteiger partial charge in [-0.1, -0.05) is 91.0 Å².